The molecule has 0 aliphatic carbocycles. The molecule has 5 heteroatoms. The minimum Gasteiger partial charge on any atom is -0.508 e. The summed E-state index contributed by atoms with van der Waals surface area (Å²) >= 11 is 0. The summed E-state index contributed by atoms with van der Waals surface area (Å²) in [5, 5.41) is 19.6. The summed E-state index contributed by atoms with van der Waals surface area (Å²) in [6, 6.07) is 23.7. The molecule has 3 aromatic carbocycles. The molecule has 5 nitrogen and oxygen atoms in total. The Kier molecular flexibility index (Phi) is 3.82. The molecule has 1 aromatic heterocycles. The van der Waals surface area contributed by atoms with Crippen LogP contribution in [0.1, 0.15) is 0 Å². The molecule has 0 aliphatic heterocycles. The van der Waals surface area contributed by atoms with Gasteiger partial charge >= 0.3 is 6.16 Å². The predicted molar refractivity (Wildman–Crippen MR) is 99.0 cm³/mol. The molecule has 0 unspecified atom stereocenters. The van der Waals surface area contributed by atoms with Gasteiger partial charge in [-0.2, -0.15) is 0 Å². The molecular weight excluding hydrogens is 330 g/mol. The Balaban J connectivity index is 2.11. The summed E-state index contributed by atoms with van der Waals surface area (Å²) in [5.41, 5.74) is 3.07. The summed E-state index contributed by atoms with van der Waals surface area (Å²) in [5.74, 6) is 0.445. The quantitative estimate of drug-likeness (QED) is 0.509. The van der Waals surface area contributed by atoms with E-state index >= 15 is 0 Å². The fourth-order valence-electron chi connectivity index (χ4n) is 3.13. The van der Waals surface area contributed by atoms with E-state index in [4.69, 9.17) is 4.74 Å². The fourth-order valence-corrected chi connectivity index (χ4v) is 3.13. The average Bonchev–Trinajstić information content (AvgIpc) is 2.97. The number of aromatic hydroxyl groups is 1. The number of phenolic OH excluding ortho intramolecular Hbond substituents is 1. The molecule has 1 heterocycles. The number of hydrogen-bond donors (Lipinski definition) is 2. The lowest BCUT2D eigenvalue weighted by molar-refractivity contribution is 0.145. The summed E-state index contributed by atoms with van der Waals surface area (Å²) in [6.45, 7) is 0. The third-order valence-corrected chi connectivity index (χ3v) is 4.17. The summed E-state index contributed by atoms with van der Waals surface area (Å²) in [6.07, 6.45) is -1.37. The first-order valence-corrected chi connectivity index (χ1v) is 8.04. The number of aromatic nitrogens is 1. The molecule has 4 aromatic rings. The van der Waals surface area contributed by atoms with E-state index < -0.39 is 6.16 Å². The second-order valence-corrected chi connectivity index (χ2v) is 5.78. The molecule has 128 valence electrons. The maximum Gasteiger partial charge on any atom is 0.511 e. The highest BCUT2D eigenvalue weighted by Crippen LogP contribution is 2.42. The number of fused-ring (bicyclic) bond motifs is 1. The van der Waals surface area contributed by atoms with Crippen LogP contribution in [0.25, 0.3) is 27.8 Å². The van der Waals surface area contributed by atoms with Crippen molar-refractivity contribution in [3.05, 3.63) is 78.9 Å². The molecule has 0 radical (unpaired) electrons. The number of phenols is 1. The zero-order valence-electron chi connectivity index (χ0n) is 13.7. The number of carbonyl (C=O) groups is 1. The summed E-state index contributed by atoms with van der Waals surface area (Å²) in [7, 11) is 0. The molecule has 0 aliphatic rings. The van der Waals surface area contributed by atoms with Crippen molar-refractivity contribution in [2.45, 2.75) is 0 Å². The lowest BCUT2D eigenvalue weighted by atomic mass is 10.1. The number of carboxylic acid groups (broad SMARTS) is 1. The van der Waals surface area contributed by atoms with Gasteiger partial charge in [-0.25, -0.2) is 4.79 Å². The van der Waals surface area contributed by atoms with E-state index in [0.29, 0.717) is 11.1 Å². The second-order valence-electron chi connectivity index (χ2n) is 5.78. The Hall–Kier alpha value is -3.73. The third-order valence-electron chi connectivity index (χ3n) is 4.17. The van der Waals surface area contributed by atoms with Crippen molar-refractivity contribution >= 4 is 17.1 Å². The van der Waals surface area contributed by atoms with Crippen LogP contribution in [-0.4, -0.2) is 20.9 Å². The van der Waals surface area contributed by atoms with E-state index in [1.165, 1.54) is 0 Å². The van der Waals surface area contributed by atoms with Crippen LogP contribution >= 0.6 is 0 Å². The van der Waals surface area contributed by atoms with Gasteiger partial charge in [-0.15, -0.1) is 0 Å². The number of rotatable bonds is 3. The van der Waals surface area contributed by atoms with E-state index in [1.807, 2.05) is 59.2 Å². The normalized spacial score (nSPS) is 10.8. The summed E-state index contributed by atoms with van der Waals surface area (Å²) < 4.78 is 7.12. The van der Waals surface area contributed by atoms with Crippen LogP contribution in [0.5, 0.6) is 11.5 Å². The Bertz CT molecular complexity index is 1080. The summed E-state index contributed by atoms with van der Waals surface area (Å²) in [4.78, 5) is 11.3. The minimum atomic E-state index is -1.37. The van der Waals surface area contributed by atoms with Crippen molar-refractivity contribution in [2.75, 3.05) is 0 Å². The van der Waals surface area contributed by atoms with Crippen LogP contribution in [0, 0.1) is 0 Å². The maximum absolute atomic E-state index is 11.3. The molecule has 0 fully saturated rings. The number of ether oxygens (including phenoxy) is 1. The molecule has 4 rings (SSSR count). The number of para-hydroxylation sites is 1. The first kappa shape index (κ1) is 15.8. The second kappa shape index (κ2) is 6.29. The number of benzene rings is 3. The SMILES string of the molecule is O=C(O)Oc1c(-c2ccccc2)n(-c2ccc(O)cc2)c2ccccc12. The van der Waals surface area contributed by atoms with Gasteiger partial charge in [0.15, 0.2) is 5.75 Å². The van der Waals surface area contributed by atoms with E-state index in [0.717, 1.165) is 16.8 Å². The van der Waals surface area contributed by atoms with Gasteiger partial charge in [-0.1, -0.05) is 42.5 Å². The van der Waals surface area contributed by atoms with Crippen LogP contribution in [-0.2, 0) is 0 Å². The molecule has 26 heavy (non-hydrogen) atoms. The first-order chi connectivity index (χ1) is 12.6. The number of hydrogen-bond acceptors (Lipinski definition) is 3. The van der Waals surface area contributed by atoms with Crippen LogP contribution in [0.4, 0.5) is 4.79 Å². The molecule has 0 saturated carbocycles. The van der Waals surface area contributed by atoms with E-state index in [2.05, 4.69) is 0 Å². The van der Waals surface area contributed by atoms with Gasteiger partial charge in [0, 0.05) is 16.6 Å². The first-order valence-electron chi connectivity index (χ1n) is 8.04. The molecule has 0 spiro atoms. The average molecular weight is 345 g/mol. The molecule has 0 saturated heterocycles. The highest BCUT2D eigenvalue weighted by molar-refractivity contribution is 5.98. The Morgan fingerprint density at radius 1 is 0.846 bits per heavy atom. The fraction of sp³-hybridized carbons (Fsp3) is 0. The van der Waals surface area contributed by atoms with Crippen molar-refractivity contribution in [1.29, 1.82) is 0 Å². The van der Waals surface area contributed by atoms with Gasteiger partial charge in [0.25, 0.3) is 0 Å². The van der Waals surface area contributed by atoms with Gasteiger partial charge in [0.1, 0.15) is 5.75 Å². The van der Waals surface area contributed by atoms with E-state index in [9.17, 15) is 15.0 Å². The lowest BCUT2D eigenvalue weighted by Gasteiger charge is -2.12. The Morgan fingerprint density at radius 3 is 2.19 bits per heavy atom. The molecule has 2 N–H and O–H groups in total. The third kappa shape index (κ3) is 2.65. The van der Waals surface area contributed by atoms with Crippen molar-refractivity contribution in [1.82, 2.24) is 4.57 Å². The molecule has 0 amide bonds. The van der Waals surface area contributed by atoms with Crippen molar-refractivity contribution in [3.8, 4) is 28.4 Å². The monoisotopic (exact) mass is 345 g/mol. The van der Waals surface area contributed by atoms with E-state index in [1.54, 1.807) is 24.3 Å². The standard InChI is InChI=1S/C21H15NO4/c23-16-12-10-15(11-13-16)22-18-9-5-4-8-17(18)20(26-21(24)25)19(22)14-6-2-1-3-7-14/h1-13,23H,(H,24,25). The maximum atomic E-state index is 11.3. The smallest absolute Gasteiger partial charge is 0.508 e. The lowest BCUT2D eigenvalue weighted by Crippen LogP contribution is -2.04. The molecule has 0 bridgehead atoms. The van der Waals surface area contributed by atoms with E-state index in [-0.39, 0.29) is 11.5 Å². The van der Waals surface area contributed by atoms with Gasteiger partial charge in [-0.3, -0.25) is 0 Å². The van der Waals surface area contributed by atoms with Crippen LogP contribution in [0.3, 0.4) is 0 Å². The molecular formula is C21H15NO4. The Labute approximate surface area is 149 Å². The van der Waals surface area contributed by atoms with Gasteiger partial charge in [-0.05, 0) is 36.4 Å². The Morgan fingerprint density at radius 2 is 1.50 bits per heavy atom. The predicted octanol–water partition coefficient (Wildman–Crippen LogP) is 5.06. The van der Waals surface area contributed by atoms with Crippen LogP contribution in [0.15, 0.2) is 78.9 Å². The largest absolute Gasteiger partial charge is 0.511 e. The zero-order valence-corrected chi connectivity index (χ0v) is 13.7. The van der Waals surface area contributed by atoms with Crippen molar-refractivity contribution in [2.24, 2.45) is 0 Å². The van der Waals surface area contributed by atoms with Gasteiger partial charge < -0.3 is 19.5 Å². The number of nitrogens with zero attached hydrogens (tertiary/aromatic N) is 1. The molecule has 0 atom stereocenters. The highest BCUT2D eigenvalue weighted by atomic mass is 16.7. The topological polar surface area (TPSA) is 71.7 Å². The van der Waals surface area contributed by atoms with Crippen molar-refractivity contribution in [3.63, 3.8) is 0 Å². The van der Waals surface area contributed by atoms with Gasteiger partial charge in [0.05, 0.1) is 11.2 Å². The van der Waals surface area contributed by atoms with Crippen LogP contribution < -0.4 is 4.74 Å². The zero-order chi connectivity index (χ0) is 18.1. The van der Waals surface area contributed by atoms with Gasteiger partial charge in [0.2, 0.25) is 0 Å². The van der Waals surface area contributed by atoms with Crippen molar-refractivity contribution < 1.29 is 19.7 Å². The van der Waals surface area contributed by atoms with Crippen LogP contribution in [0.2, 0.25) is 0 Å². The minimum absolute atomic E-state index is 0.161. The highest BCUT2D eigenvalue weighted by Gasteiger charge is 2.22.